The molecule has 1 heterocycles. The van der Waals surface area contributed by atoms with Crippen LogP contribution in [0.4, 0.5) is 0 Å². The van der Waals surface area contributed by atoms with E-state index >= 15 is 0 Å². The Hall–Kier alpha value is -2.31. The van der Waals surface area contributed by atoms with E-state index in [1.807, 2.05) is 0 Å². The Kier molecular flexibility index (Phi) is 4.47. The molecule has 0 radical (unpaired) electrons. The zero-order valence-corrected chi connectivity index (χ0v) is 9.67. The number of aromatic carboxylic acids is 1. The summed E-state index contributed by atoms with van der Waals surface area (Å²) in [5.74, 6) is -4.12. The Morgan fingerprint density at radius 1 is 1.33 bits per heavy atom. The topological polar surface area (TPSA) is 117 Å². The van der Waals surface area contributed by atoms with Gasteiger partial charge in [0.15, 0.2) is 0 Å². The van der Waals surface area contributed by atoms with Gasteiger partial charge in [-0.15, -0.1) is 0 Å². The van der Waals surface area contributed by atoms with Crippen molar-refractivity contribution in [2.24, 2.45) is 5.92 Å². The molecule has 0 saturated heterocycles. The van der Waals surface area contributed by atoms with Gasteiger partial charge in [0.25, 0.3) is 0 Å². The van der Waals surface area contributed by atoms with Crippen LogP contribution in [-0.2, 0) is 16.1 Å². The summed E-state index contributed by atoms with van der Waals surface area (Å²) in [6.45, 7) is 1.55. The first kappa shape index (κ1) is 13.8. The third kappa shape index (κ3) is 3.34. The van der Waals surface area contributed by atoms with Crippen molar-refractivity contribution >= 4 is 17.8 Å². The van der Waals surface area contributed by atoms with Gasteiger partial charge in [0, 0.05) is 0 Å². The molecule has 7 heteroatoms. The second-order valence-electron chi connectivity index (χ2n) is 3.59. The number of carbonyl (C=O) groups excluding carboxylic acids is 1. The van der Waals surface area contributed by atoms with E-state index in [-0.39, 0.29) is 24.5 Å². The maximum absolute atomic E-state index is 11.5. The molecule has 1 atom stereocenters. The fourth-order valence-electron chi connectivity index (χ4n) is 1.36. The predicted molar refractivity (Wildman–Crippen MR) is 58.9 cm³/mol. The van der Waals surface area contributed by atoms with E-state index in [1.165, 1.54) is 12.1 Å². The van der Waals surface area contributed by atoms with Crippen LogP contribution in [0.25, 0.3) is 0 Å². The number of carboxylic acids is 2. The average molecular weight is 255 g/mol. The number of nitrogens with one attached hydrogen (secondary N) is 1. The standard InChI is InChI=1S/C11H13NO6/c1-2-7(10(14)15)9(13)12-5-6-3-4-8(18-6)11(16)17/h3-4,7H,2,5H2,1H3,(H,12,13)(H,14,15)(H,16,17). The Morgan fingerprint density at radius 2 is 2.00 bits per heavy atom. The second kappa shape index (κ2) is 5.85. The molecular weight excluding hydrogens is 242 g/mol. The Bertz CT molecular complexity index is 464. The third-order valence-electron chi connectivity index (χ3n) is 2.33. The molecule has 3 N–H and O–H groups in total. The fourth-order valence-corrected chi connectivity index (χ4v) is 1.36. The minimum absolute atomic E-state index is 0.0457. The molecule has 0 fully saturated rings. The summed E-state index contributed by atoms with van der Waals surface area (Å²) in [5.41, 5.74) is 0. The highest BCUT2D eigenvalue weighted by molar-refractivity contribution is 5.96. The van der Waals surface area contributed by atoms with E-state index in [0.29, 0.717) is 0 Å². The van der Waals surface area contributed by atoms with Crippen LogP contribution in [0.2, 0.25) is 0 Å². The summed E-state index contributed by atoms with van der Waals surface area (Å²) in [4.78, 5) is 32.7. The van der Waals surface area contributed by atoms with E-state index in [1.54, 1.807) is 6.92 Å². The number of rotatable bonds is 6. The van der Waals surface area contributed by atoms with Gasteiger partial charge < -0.3 is 19.9 Å². The number of aliphatic carboxylic acids is 1. The van der Waals surface area contributed by atoms with Gasteiger partial charge in [0.2, 0.25) is 11.7 Å². The van der Waals surface area contributed by atoms with Crippen LogP contribution in [0.15, 0.2) is 16.5 Å². The highest BCUT2D eigenvalue weighted by Crippen LogP contribution is 2.08. The monoisotopic (exact) mass is 255 g/mol. The van der Waals surface area contributed by atoms with E-state index in [4.69, 9.17) is 14.6 Å². The molecule has 0 aliphatic heterocycles. The lowest BCUT2D eigenvalue weighted by molar-refractivity contribution is -0.147. The van der Waals surface area contributed by atoms with Gasteiger partial charge in [-0.1, -0.05) is 6.92 Å². The first-order valence-electron chi connectivity index (χ1n) is 5.28. The molecule has 1 aromatic heterocycles. The lowest BCUT2D eigenvalue weighted by Crippen LogP contribution is -2.34. The number of carboxylic acid groups (broad SMARTS) is 2. The van der Waals surface area contributed by atoms with Crippen molar-refractivity contribution in [3.8, 4) is 0 Å². The Labute approximate surface area is 102 Å². The van der Waals surface area contributed by atoms with Crippen LogP contribution in [-0.4, -0.2) is 28.1 Å². The molecule has 0 bridgehead atoms. The van der Waals surface area contributed by atoms with Gasteiger partial charge in [-0.25, -0.2) is 4.79 Å². The lowest BCUT2D eigenvalue weighted by atomic mass is 10.1. The first-order chi connectivity index (χ1) is 8.45. The van der Waals surface area contributed by atoms with E-state index in [2.05, 4.69) is 5.32 Å². The van der Waals surface area contributed by atoms with Crippen LogP contribution in [0.3, 0.4) is 0 Å². The van der Waals surface area contributed by atoms with Crippen molar-refractivity contribution in [1.29, 1.82) is 0 Å². The van der Waals surface area contributed by atoms with Crippen LogP contribution in [0.5, 0.6) is 0 Å². The Morgan fingerprint density at radius 3 is 2.44 bits per heavy atom. The van der Waals surface area contributed by atoms with E-state index < -0.39 is 23.8 Å². The summed E-state index contributed by atoms with van der Waals surface area (Å²) >= 11 is 0. The molecule has 0 aromatic carbocycles. The molecule has 1 rings (SSSR count). The largest absolute Gasteiger partial charge is 0.481 e. The molecule has 1 amide bonds. The maximum Gasteiger partial charge on any atom is 0.371 e. The summed E-state index contributed by atoms with van der Waals surface area (Å²) in [6.07, 6.45) is 0.180. The zero-order chi connectivity index (χ0) is 13.7. The summed E-state index contributed by atoms with van der Waals surface area (Å²) in [6, 6.07) is 2.67. The van der Waals surface area contributed by atoms with Crippen LogP contribution in [0, 0.1) is 5.92 Å². The smallest absolute Gasteiger partial charge is 0.371 e. The minimum Gasteiger partial charge on any atom is -0.481 e. The molecule has 98 valence electrons. The molecule has 0 saturated carbocycles. The van der Waals surface area contributed by atoms with Crippen molar-refractivity contribution in [2.75, 3.05) is 0 Å². The van der Waals surface area contributed by atoms with Gasteiger partial charge in [-0.3, -0.25) is 9.59 Å². The number of furan rings is 1. The molecular formula is C11H13NO6. The quantitative estimate of drug-likeness (QED) is 0.644. The van der Waals surface area contributed by atoms with Crippen molar-refractivity contribution < 1.29 is 29.0 Å². The normalized spacial score (nSPS) is 11.8. The fraction of sp³-hybridized carbons (Fsp3) is 0.364. The van der Waals surface area contributed by atoms with Crippen LogP contribution < -0.4 is 5.32 Å². The number of amides is 1. The highest BCUT2D eigenvalue weighted by Gasteiger charge is 2.23. The van der Waals surface area contributed by atoms with Gasteiger partial charge in [-0.05, 0) is 18.6 Å². The minimum atomic E-state index is -1.20. The number of hydrogen-bond acceptors (Lipinski definition) is 4. The van der Waals surface area contributed by atoms with Crippen molar-refractivity contribution in [3.05, 3.63) is 23.7 Å². The van der Waals surface area contributed by atoms with Crippen LogP contribution >= 0.6 is 0 Å². The predicted octanol–water partition coefficient (Wildman–Crippen LogP) is 0.705. The molecule has 0 aliphatic rings. The summed E-state index contributed by atoms with van der Waals surface area (Å²) < 4.78 is 4.91. The molecule has 18 heavy (non-hydrogen) atoms. The van der Waals surface area contributed by atoms with Crippen molar-refractivity contribution in [1.82, 2.24) is 5.32 Å². The van der Waals surface area contributed by atoms with E-state index in [9.17, 15) is 14.4 Å². The molecule has 7 nitrogen and oxygen atoms in total. The molecule has 1 unspecified atom stereocenters. The molecule has 1 aromatic rings. The van der Waals surface area contributed by atoms with E-state index in [0.717, 1.165) is 0 Å². The third-order valence-corrected chi connectivity index (χ3v) is 2.33. The maximum atomic E-state index is 11.5. The van der Waals surface area contributed by atoms with Gasteiger partial charge in [0.05, 0.1) is 6.54 Å². The highest BCUT2D eigenvalue weighted by atomic mass is 16.4. The van der Waals surface area contributed by atoms with Gasteiger partial charge >= 0.3 is 11.9 Å². The first-order valence-corrected chi connectivity index (χ1v) is 5.28. The number of hydrogen-bond donors (Lipinski definition) is 3. The average Bonchev–Trinajstić information content (AvgIpc) is 2.75. The zero-order valence-electron chi connectivity index (χ0n) is 9.67. The van der Waals surface area contributed by atoms with Crippen molar-refractivity contribution in [2.45, 2.75) is 19.9 Å². The SMILES string of the molecule is CCC(C(=O)O)C(=O)NCc1ccc(C(=O)O)o1. The molecule has 0 spiro atoms. The number of carbonyl (C=O) groups is 3. The summed E-state index contributed by atoms with van der Waals surface area (Å²) in [7, 11) is 0. The van der Waals surface area contributed by atoms with Gasteiger partial charge in [-0.2, -0.15) is 0 Å². The molecule has 0 aliphatic carbocycles. The Balaban J connectivity index is 2.56. The van der Waals surface area contributed by atoms with Gasteiger partial charge in [0.1, 0.15) is 11.7 Å². The lowest BCUT2D eigenvalue weighted by Gasteiger charge is -2.09. The second-order valence-corrected chi connectivity index (χ2v) is 3.59. The summed E-state index contributed by atoms with van der Waals surface area (Å²) in [5, 5.41) is 19.7. The van der Waals surface area contributed by atoms with Crippen LogP contribution in [0.1, 0.15) is 29.7 Å². The van der Waals surface area contributed by atoms with Crippen molar-refractivity contribution in [3.63, 3.8) is 0 Å².